The molecule has 10 heteroatoms. The van der Waals surface area contributed by atoms with E-state index in [0.717, 1.165) is 10.6 Å². The lowest BCUT2D eigenvalue weighted by Crippen LogP contribution is -2.37. The maximum atomic E-state index is 12.5. The Kier molecular flexibility index (Phi) is 6.46. The van der Waals surface area contributed by atoms with Gasteiger partial charge in [0, 0.05) is 11.8 Å². The van der Waals surface area contributed by atoms with Crippen molar-refractivity contribution in [1.82, 2.24) is 0 Å². The Morgan fingerprint density at radius 2 is 1.83 bits per heavy atom. The quantitative estimate of drug-likeness (QED) is 0.664. The van der Waals surface area contributed by atoms with Crippen molar-refractivity contribution >= 4 is 33.3 Å². The second kappa shape index (κ2) is 9.04. The zero-order valence-electron chi connectivity index (χ0n) is 16.6. The molecule has 0 aliphatic carbocycles. The Bertz CT molecular complexity index is 1050. The molecule has 3 rings (SSSR count). The van der Waals surface area contributed by atoms with Gasteiger partial charge in [-0.05, 0) is 37.3 Å². The van der Waals surface area contributed by atoms with Gasteiger partial charge in [-0.15, -0.1) is 0 Å². The third-order valence-corrected chi connectivity index (χ3v) is 5.30. The summed E-state index contributed by atoms with van der Waals surface area (Å²) >= 11 is 0. The summed E-state index contributed by atoms with van der Waals surface area (Å²) in [6.07, 6.45) is 1.01. The van der Waals surface area contributed by atoms with Gasteiger partial charge in [0.05, 0.1) is 24.1 Å². The number of nitrogens with zero attached hydrogens (tertiary/aromatic N) is 1. The highest BCUT2D eigenvalue weighted by molar-refractivity contribution is 7.92. The fraction of sp³-hybridized carbons (Fsp3) is 0.300. The molecule has 0 atom stereocenters. The van der Waals surface area contributed by atoms with E-state index in [-0.39, 0.29) is 17.9 Å². The molecule has 1 aliphatic heterocycles. The minimum atomic E-state index is -3.76. The van der Waals surface area contributed by atoms with E-state index in [1.165, 1.54) is 12.1 Å². The van der Waals surface area contributed by atoms with Crippen LogP contribution in [0.2, 0.25) is 0 Å². The molecular weight excluding hydrogens is 412 g/mol. The predicted molar refractivity (Wildman–Crippen MR) is 111 cm³/mol. The van der Waals surface area contributed by atoms with Gasteiger partial charge in [-0.3, -0.25) is 9.10 Å². The van der Waals surface area contributed by atoms with Gasteiger partial charge in [0.2, 0.25) is 15.9 Å². The molecule has 160 valence electrons. The number of amides is 1. The van der Waals surface area contributed by atoms with Crippen molar-refractivity contribution in [2.45, 2.75) is 6.92 Å². The number of fused-ring (bicyclic) bond motifs is 1. The second-order valence-electron chi connectivity index (χ2n) is 6.45. The number of sulfonamides is 1. The fourth-order valence-electron chi connectivity index (χ4n) is 2.86. The summed E-state index contributed by atoms with van der Waals surface area (Å²) in [5.41, 5.74) is 0.903. The van der Waals surface area contributed by atoms with E-state index < -0.39 is 28.4 Å². The minimum absolute atomic E-state index is 0.230. The third-order valence-electron chi connectivity index (χ3n) is 4.16. The first kappa shape index (κ1) is 21.4. The molecular formula is C20H22N2O7S. The van der Waals surface area contributed by atoms with Crippen LogP contribution >= 0.6 is 0 Å². The number of ether oxygens (including phenoxy) is 3. The maximum Gasteiger partial charge on any atom is 0.338 e. The van der Waals surface area contributed by atoms with Crippen molar-refractivity contribution in [3.8, 4) is 11.5 Å². The van der Waals surface area contributed by atoms with Gasteiger partial charge >= 0.3 is 5.97 Å². The molecule has 9 nitrogen and oxygen atoms in total. The van der Waals surface area contributed by atoms with E-state index in [2.05, 4.69) is 5.32 Å². The molecule has 0 bridgehead atoms. The first-order valence-electron chi connectivity index (χ1n) is 9.22. The lowest BCUT2D eigenvalue weighted by Gasteiger charge is -2.24. The van der Waals surface area contributed by atoms with Crippen LogP contribution in [0.25, 0.3) is 0 Å². The zero-order valence-corrected chi connectivity index (χ0v) is 17.4. The van der Waals surface area contributed by atoms with Crippen LogP contribution in [0, 0.1) is 0 Å². The summed E-state index contributed by atoms with van der Waals surface area (Å²) in [5, 5.41) is 2.61. The number of carbonyl (C=O) groups excluding carboxylic acids is 2. The average Bonchev–Trinajstić information content (AvgIpc) is 2.71. The number of hydrogen-bond acceptors (Lipinski definition) is 7. The highest BCUT2D eigenvalue weighted by Gasteiger charge is 2.23. The van der Waals surface area contributed by atoms with Crippen LogP contribution in [0.4, 0.5) is 11.4 Å². The van der Waals surface area contributed by atoms with Crippen LogP contribution in [0.15, 0.2) is 42.5 Å². The summed E-state index contributed by atoms with van der Waals surface area (Å²) < 4.78 is 41.5. The highest BCUT2D eigenvalue weighted by Crippen LogP contribution is 2.34. The Morgan fingerprint density at radius 1 is 1.10 bits per heavy atom. The van der Waals surface area contributed by atoms with Crippen LogP contribution in [0.3, 0.4) is 0 Å². The van der Waals surface area contributed by atoms with Crippen LogP contribution in [-0.2, 0) is 19.6 Å². The van der Waals surface area contributed by atoms with Gasteiger partial charge in [-0.1, -0.05) is 6.07 Å². The van der Waals surface area contributed by atoms with E-state index in [4.69, 9.17) is 14.2 Å². The second-order valence-corrected chi connectivity index (χ2v) is 8.35. The summed E-state index contributed by atoms with van der Waals surface area (Å²) in [4.78, 5) is 24.4. The highest BCUT2D eigenvalue weighted by atomic mass is 32.2. The molecule has 0 spiro atoms. The Balaban J connectivity index is 1.77. The summed E-state index contributed by atoms with van der Waals surface area (Å²) in [6, 6.07) is 10.9. The van der Waals surface area contributed by atoms with Crippen molar-refractivity contribution in [2.75, 3.05) is 42.2 Å². The van der Waals surface area contributed by atoms with Gasteiger partial charge < -0.3 is 19.5 Å². The molecule has 2 aromatic rings. The molecule has 1 aliphatic rings. The van der Waals surface area contributed by atoms with Gasteiger partial charge in [0.25, 0.3) is 0 Å². The van der Waals surface area contributed by atoms with Crippen LogP contribution in [0.5, 0.6) is 11.5 Å². The number of carbonyl (C=O) groups is 2. The van der Waals surface area contributed by atoms with Gasteiger partial charge in [0.15, 0.2) is 11.5 Å². The predicted octanol–water partition coefficient (Wildman–Crippen LogP) is 2.04. The van der Waals surface area contributed by atoms with Crippen molar-refractivity contribution in [3.05, 3.63) is 48.0 Å². The Labute approximate surface area is 174 Å². The molecule has 0 aromatic heterocycles. The molecule has 0 saturated carbocycles. The molecule has 0 unspecified atom stereocenters. The number of hydrogen-bond donors (Lipinski definition) is 1. The number of rotatable bonds is 7. The largest absolute Gasteiger partial charge is 0.486 e. The van der Waals surface area contributed by atoms with Crippen LogP contribution in [-0.4, -0.2) is 52.9 Å². The number of anilines is 2. The van der Waals surface area contributed by atoms with E-state index in [1.807, 2.05) is 0 Å². The summed E-state index contributed by atoms with van der Waals surface area (Å²) in [6.45, 7) is 2.24. The van der Waals surface area contributed by atoms with Crippen molar-refractivity contribution in [2.24, 2.45) is 0 Å². The van der Waals surface area contributed by atoms with Gasteiger partial charge in [-0.25, -0.2) is 13.2 Å². The normalized spacial score (nSPS) is 12.7. The molecule has 2 aromatic carbocycles. The lowest BCUT2D eigenvalue weighted by atomic mass is 10.2. The molecule has 0 radical (unpaired) electrons. The fourth-order valence-corrected chi connectivity index (χ4v) is 3.70. The lowest BCUT2D eigenvalue weighted by molar-refractivity contribution is -0.114. The molecule has 0 fully saturated rings. The van der Waals surface area contributed by atoms with E-state index in [0.29, 0.717) is 30.4 Å². The molecule has 1 heterocycles. The zero-order chi connectivity index (χ0) is 21.7. The van der Waals surface area contributed by atoms with E-state index in [9.17, 15) is 18.0 Å². The topological polar surface area (TPSA) is 111 Å². The van der Waals surface area contributed by atoms with E-state index in [1.54, 1.807) is 37.3 Å². The first-order chi connectivity index (χ1) is 14.3. The minimum Gasteiger partial charge on any atom is -0.486 e. The smallest absolute Gasteiger partial charge is 0.338 e. The molecule has 0 saturated heterocycles. The first-order valence-corrected chi connectivity index (χ1v) is 11.1. The van der Waals surface area contributed by atoms with Crippen LogP contribution < -0.4 is 19.1 Å². The van der Waals surface area contributed by atoms with Crippen molar-refractivity contribution in [1.29, 1.82) is 0 Å². The average molecular weight is 434 g/mol. The number of benzene rings is 2. The molecule has 1 amide bonds. The summed E-state index contributed by atoms with van der Waals surface area (Å²) in [7, 11) is -3.76. The molecule has 1 N–H and O–H groups in total. The Morgan fingerprint density at radius 3 is 2.53 bits per heavy atom. The number of nitrogens with one attached hydrogen (secondary N) is 1. The van der Waals surface area contributed by atoms with Crippen LogP contribution in [0.1, 0.15) is 17.3 Å². The van der Waals surface area contributed by atoms with Gasteiger partial charge in [-0.2, -0.15) is 0 Å². The number of esters is 1. The SMILES string of the molecule is CCOC(=O)c1cccc(NC(=O)CN(c2ccc3c(c2)OCCO3)S(C)(=O)=O)c1. The van der Waals surface area contributed by atoms with Gasteiger partial charge in [0.1, 0.15) is 19.8 Å². The maximum absolute atomic E-state index is 12.5. The standard InChI is InChI=1S/C20H22N2O7S/c1-3-27-20(24)14-5-4-6-15(11-14)21-19(23)13-22(30(2,25)26)16-7-8-17-18(12-16)29-10-9-28-17/h4-8,11-12H,3,9-10,13H2,1-2H3,(H,21,23). The monoisotopic (exact) mass is 434 g/mol. The third kappa shape index (κ3) is 5.20. The van der Waals surface area contributed by atoms with Crippen molar-refractivity contribution in [3.63, 3.8) is 0 Å². The van der Waals surface area contributed by atoms with Crippen molar-refractivity contribution < 1.29 is 32.2 Å². The summed E-state index contributed by atoms with van der Waals surface area (Å²) in [5.74, 6) is -0.160. The Hall–Kier alpha value is -3.27. The van der Waals surface area contributed by atoms with E-state index >= 15 is 0 Å². The molecule has 30 heavy (non-hydrogen) atoms.